The largest absolute Gasteiger partial charge is 0.283 e. The third kappa shape index (κ3) is 3.93. The molecule has 0 fully saturated rings. The molecule has 0 saturated heterocycles. The zero-order valence-corrected chi connectivity index (χ0v) is 14.8. The van der Waals surface area contributed by atoms with Crippen molar-refractivity contribution in [3.63, 3.8) is 0 Å². The highest BCUT2D eigenvalue weighted by atomic mass is 28.1. The van der Waals surface area contributed by atoms with E-state index in [9.17, 15) is 0 Å². The van der Waals surface area contributed by atoms with Gasteiger partial charge >= 0.3 is 0 Å². The molecule has 0 unspecified atom stereocenters. The van der Waals surface area contributed by atoms with Gasteiger partial charge in [0.1, 0.15) is 0 Å². The van der Waals surface area contributed by atoms with Gasteiger partial charge in [-0.2, -0.15) is 0 Å². The molecule has 0 radical (unpaired) electrons. The zero-order chi connectivity index (χ0) is 13.5. The molecule has 0 bridgehead atoms. The first-order valence-corrected chi connectivity index (χ1v) is 8.14. The molecule has 0 saturated carbocycles. The molecule has 17 heavy (non-hydrogen) atoms. The molecule has 0 rings (SSSR count). The molecule has 102 valence electrons. The predicted molar refractivity (Wildman–Crippen MR) is 82.6 cm³/mol. The van der Waals surface area contributed by atoms with Crippen LogP contribution in [-0.4, -0.2) is 51.9 Å². The molecule has 0 N–H and O–H groups in total. The molecule has 0 aromatic heterocycles. The molecule has 0 heterocycles. The Morgan fingerprint density at radius 1 is 1.00 bits per heavy atom. The molecule has 0 aliphatic rings. The minimum atomic E-state index is 0.0712. The molecule has 0 aromatic rings. The Morgan fingerprint density at radius 2 is 1.35 bits per heavy atom. The first kappa shape index (κ1) is 16.9. The second kappa shape index (κ2) is 8.06. The van der Waals surface area contributed by atoms with Gasteiger partial charge in [-0.25, -0.2) is 0 Å². The molecule has 0 amide bonds. The van der Waals surface area contributed by atoms with Crippen LogP contribution in [0.15, 0.2) is 11.8 Å². The topological polar surface area (TPSA) is 6.48 Å². The van der Waals surface area contributed by atoms with Crippen LogP contribution < -0.4 is 0 Å². The van der Waals surface area contributed by atoms with Crippen molar-refractivity contribution in [2.75, 3.05) is 26.2 Å². The lowest BCUT2D eigenvalue weighted by Gasteiger charge is -2.49. The van der Waals surface area contributed by atoms with Crippen LogP contribution in [0, 0.1) is 0 Å². The number of rotatable bonds is 9. The Kier molecular flexibility index (Phi) is 8.00. The van der Waals surface area contributed by atoms with Gasteiger partial charge in [0, 0.05) is 10.2 Å². The molecule has 0 aliphatic carbocycles. The van der Waals surface area contributed by atoms with Crippen molar-refractivity contribution in [2.24, 2.45) is 0 Å². The molecule has 2 nitrogen and oxygen atoms in total. The highest BCUT2D eigenvalue weighted by Crippen LogP contribution is 2.26. The zero-order valence-electron chi connectivity index (χ0n) is 12.8. The summed E-state index contributed by atoms with van der Waals surface area (Å²) in [5.41, 5.74) is 0.0712. The maximum Gasteiger partial charge on any atom is 0.0881 e. The fourth-order valence-corrected chi connectivity index (χ4v) is 3.28. The Morgan fingerprint density at radius 3 is 1.53 bits per heavy atom. The van der Waals surface area contributed by atoms with E-state index in [2.05, 4.69) is 51.0 Å². The van der Waals surface area contributed by atoms with Crippen LogP contribution in [0.25, 0.3) is 0 Å². The molecule has 0 spiro atoms. The van der Waals surface area contributed by atoms with E-state index in [1.807, 2.05) is 0 Å². The first-order valence-electron chi connectivity index (χ1n) is 7.14. The Hall–Kier alpha value is -0.123. The van der Waals surface area contributed by atoms with Crippen molar-refractivity contribution in [3.05, 3.63) is 11.8 Å². The molecular weight excluding hydrogens is 224 g/mol. The van der Waals surface area contributed by atoms with Gasteiger partial charge in [0.25, 0.3) is 0 Å². The van der Waals surface area contributed by atoms with Gasteiger partial charge in [-0.05, 0) is 45.9 Å². The Labute approximate surface area is 111 Å². The molecular formula is C14H32N2Si. The normalized spacial score (nSPS) is 12.6. The fraction of sp³-hybridized carbons (Fsp3) is 0.857. The number of hydrogen-bond acceptors (Lipinski definition) is 2. The fourth-order valence-electron chi connectivity index (χ4n) is 2.65. The van der Waals surface area contributed by atoms with Crippen molar-refractivity contribution in [1.29, 1.82) is 0 Å². The van der Waals surface area contributed by atoms with Gasteiger partial charge in [-0.1, -0.05) is 32.9 Å². The highest BCUT2D eigenvalue weighted by Gasteiger charge is 2.35. The third-order valence-corrected chi connectivity index (χ3v) is 4.74. The van der Waals surface area contributed by atoms with Crippen LogP contribution in [0.1, 0.15) is 47.5 Å². The van der Waals surface area contributed by atoms with Crippen LogP contribution in [0.3, 0.4) is 0 Å². The van der Waals surface area contributed by atoms with E-state index in [1.54, 1.807) is 0 Å². The van der Waals surface area contributed by atoms with Gasteiger partial charge < -0.3 is 0 Å². The average molecular weight is 257 g/mol. The van der Waals surface area contributed by atoms with Crippen LogP contribution in [0.5, 0.6) is 0 Å². The van der Waals surface area contributed by atoms with Crippen LogP contribution in [0.4, 0.5) is 0 Å². The molecule has 0 atom stereocenters. The summed E-state index contributed by atoms with van der Waals surface area (Å²) < 4.78 is 0. The van der Waals surface area contributed by atoms with Gasteiger partial charge in [0.05, 0.1) is 5.66 Å². The van der Waals surface area contributed by atoms with E-state index >= 15 is 0 Å². The second-order valence-electron chi connectivity index (χ2n) is 4.96. The summed E-state index contributed by atoms with van der Waals surface area (Å²) in [5.74, 6) is 0. The van der Waals surface area contributed by atoms with E-state index in [0.29, 0.717) is 0 Å². The summed E-state index contributed by atoms with van der Waals surface area (Å²) >= 11 is 0. The quantitative estimate of drug-likeness (QED) is 0.460. The standard InChI is InChI=1S/C14H32N2Si/c1-7-11-15(9-3)14(6,13(5)17)16(10-4)12-8-2/h5,7-12H2,1-4,6,17H3. The summed E-state index contributed by atoms with van der Waals surface area (Å²) in [4.78, 5) is 5.17. The lowest BCUT2D eigenvalue weighted by atomic mass is 10.1. The van der Waals surface area contributed by atoms with Crippen LogP contribution in [-0.2, 0) is 0 Å². The Bertz CT molecular complexity index is 214. The van der Waals surface area contributed by atoms with Crippen LogP contribution >= 0.6 is 0 Å². The van der Waals surface area contributed by atoms with E-state index in [1.165, 1.54) is 18.0 Å². The van der Waals surface area contributed by atoms with Crippen molar-refractivity contribution in [2.45, 2.75) is 53.1 Å². The Balaban J connectivity index is 5.15. The maximum atomic E-state index is 4.31. The van der Waals surface area contributed by atoms with Gasteiger partial charge in [0.2, 0.25) is 0 Å². The number of likely N-dealkylation sites (N-methyl/N-ethyl adjacent to an activating group) is 2. The van der Waals surface area contributed by atoms with E-state index in [4.69, 9.17) is 0 Å². The van der Waals surface area contributed by atoms with E-state index in [0.717, 1.165) is 36.4 Å². The van der Waals surface area contributed by atoms with Crippen molar-refractivity contribution >= 4 is 10.2 Å². The SMILES string of the molecule is C=C([SiH3])C(C)(N(CC)CCC)N(CC)CCC. The lowest BCUT2D eigenvalue weighted by Crippen LogP contribution is -2.60. The minimum Gasteiger partial charge on any atom is -0.283 e. The van der Waals surface area contributed by atoms with Crippen molar-refractivity contribution in [1.82, 2.24) is 9.80 Å². The number of nitrogens with zero attached hydrogens (tertiary/aromatic N) is 2. The van der Waals surface area contributed by atoms with Crippen LogP contribution in [0.2, 0.25) is 0 Å². The highest BCUT2D eigenvalue weighted by molar-refractivity contribution is 6.22. The monoisotopic (exact) mass is 256 g/mol. The smallest absolute Gasteiger partial charge is 0.0881 e. The minimum absolute atomic E-state index is 0.0712. The summed E-state index contributed by atoms with van der Waals surface area (Å²) in [6.07, 6.45) is 2.42. The third-order valence-electron chi connectivity index (χ3n) is 3.79. The number of hydrogen-bond donors (Lipinski definition) is 0. The molecule has 3 heteroatoms. The van der Waals surface area contributed by atoms with Crippen molar-refractivity contribution in [3.8, 4) is 0 Å². The van der Waals surface area contributed by atoms with Gasteiger partial charge in [-0.15, -0.1) is 6.58 Å². The lowest BCUT2D eigenvalue weighted by molar-refractivity contribution is -0.00623. The summed E-state index contributed by atoms with van der Waals surface area (Å²) in [5, 5.41) is 1.39. The maximum absolute atomic E-state index is 4.31. The van der Waals surface area contributed by atoms with E-state index < -0.39 is 0 Å². The van der Waals surface area contributed by atoms with Gasteiger partial charge in [0.15, 0.2) is 0 Å². The second-order valence-corrected chi connectivity index (χ2v) is 6.17. The molecule has 0 aliphatic heterocycles. The summed E-state index contributed by atoms with van der Waals surface area (Å²) in [6.45, 7) is 20.2. The first-order chi connectivity index (χ1) is 7.98. The molecule has 0 aromatic carbocycles. The summed E-state index contributed by atoms with van der Waals surface area (Å²) in [6, 6.07) is 0. The average Bonchev–Trinajstić information content (AvgIpc) is 2.31. The van der Waals surface area contributed by atoms with Crippen molar-refractivity contribution < 1.29 is 0 Å². The van der Waals surface area contributed by atoms with Gasteiger partial charge in [-0.3, -0.25) is 9.80 Å². The summed E-state index contributed by atoms with van der Waals surface area (Å²) in [7, 11) is 1.07. The van der Waals surface area contributed by atoms with E-state index in [-0.39, 0.29) is 5.66 Å². The predicted octanol–water partition coefficient (Wildman–Crippen LogP) is 2.05.